The third-order valence-electron chi connectivity index (χ3n) is 4.44. The Hall–Kier alpha value is -1.61. The van der Waals surface area contributed by atoms with Crippen LogP contribution >= 0.6 is 0 Å². The zero-order valence-electron chi connectivity index (χ0n) is 15.7. The highest BCUT2D eigenvalue weighted by Crippen LogP contribution is 2.23. The fourth-order valence-corrected chi connectivity index (χ4v) is 4.75. The second-order valence-corrected chi connectivity index (χ2v) is 11.8. The Balaban J connectivity index is 2.17. The predicted octanol–water partition coefficient (Wildman–Crippen LogP) is 1.06. The summed E-state index contributed by atoms with van der Waals surface area (Å²) in [5, 5.41) is 3.21. The number of hydrogen-bond donors (Lipinski definition) is 1. The van der Waals surface area contributed by atoms with Crippen LogP contribution in [-0.4, -0.2) is 64.1 Å². The molecule has 0 radical (unpaired) electrons. The molecule has 1 saturated heterocycles. The molecule has 0 bridgehead atoms. The number of nitrogens with zero attached hydrogens (tertiary/aromatic N) is 2. The Bertz CT molecular complexity index is 873. The molecule has 0 unspecified atom stereocenters. The lowest BCUT2D eigenvalue weighted by Crippen LogP contribution is -2.57. The lowest BCUT2D eigenvalue weighted by molar-refractivity contribution is 0.353. The lowest BCUT2D eigenvalue weighted by atomic mass is 10.2. The van der Waals surface area contributed by atoms with Crippen molar-refractivity contribution in [2.24, 2.45) is 4.99 Å². The van der Waals surface area contributed by atoms with Gasteiger partial charge in [-0.2, -0.15) is 0 Å². The third kappa shape index (κ3) is 4.76. The number of guanidine groups is 1. The van der Waals surface area contributed by atoms with E-state index in [4.69, 9.17) is 0 Å². The summed E-state index contributed by atoms with van der Waals surface area (Å²) >= 11 is 0. The van der Waals surface area contributed by atoms with Crippen LogP contribution in [0.25, 0.3) is 0 Å². The molecule has 0 aliphatic carbocycles. The first-order valence-electron chi connectivity index (χ1n) is 8.51. The minimum Gasteiger partial charge on any atom is -0.357 e. The van der Waals surface area contributed by atoms with Gasteiger partial charge in [0.25, 0.3) is 0 Å². The Labute approximate surface area is 156 Å². The van der Waals surface area contributed by atoms with Gasteiger partial charge >= 0.3 is 0 Å². The van der Waals surface area contributed by atoms with Crippen molar-refractivity contribution in [3.05, 3.63) is 29.8 Å². The maximum atomic E-state index is 12.2. The summed E-state index contributed by atoms with van der Waals surface area (Å²) in [4.78, 5) is 6.85. The van der Waals surface area contributed by atoms with Crippen LogP contribution in [0.15, 0.2) is 34.2 Å². The van der Waals surface area contributed by atoms with Crippen molar-refractivity contribution in [1.82, 2.24) is 10.2 Å². The molecule has 0 spiro atoms. The molecule has 7 nitrogen and oxygen atoms in total. The fraction of sp³-hybridized carbons (Fsp3) is 0.588. The molecule has 1 aliphatic heterocycles. The van der Waals surface area contributed by atoms with Crippen molar-refractivity contribution >= 4 is 25.6 Å². The number of rotatable bonds is 4. The summed E-state index contributed by atoms with van der Waals surface area (Å²) in [5.74, 6) is 0.774. The zero-order valence-corrected chi connectivity index (χ0v) is 17.3. The summed E-state index contributed by atoms with van der Waals surface area (Å²) < 4.78 is 46.6. The molecule has 0 amide bonds. The first-order valence-corrected chi connectivity index (χ1v) is 12.1. The number of aliphatic imine (C=N–C) groups is 1. The highest BCUT2D eigenvalue weighted by molar-refractivity contribution is 7.92. The molecule has 1 fully saturated rings. The molecule has 0 saturated carbocycles. The van der Waals surface area contributed by atoms with E-state index in [1.54, 1.807) is 38.1 Å². The van der Waals surface area contributed by atoms with Crippen LogP contribution in [0.5, 0.6) is 0 Å². The van der Waals surface area contributed by atoms with Crippen LogP contribution < -0.4 is 5.32 Å². The number of benzene rings is 1. The van der Waals surface area contributed by atoms with E-state index < -0.39 is 24.4 Å². The first-order chi connectivity index (χ1) is 12.0. The summed E-state index contributed by atoms with van der Waals surface area (Å²) in [5.41, 5.74) is 0.886. The van der Waals surface area contributed by atoms with Crippen molar-refractivity contribution in [3.63, 3.8) is 0 Å². The second-order valence-electron chi connectivity index (χ2n) is 7.09. The normalized spacial score (nSPS) is 20.0. The van der Waals surface area contributed by atoms with E-state index in [1.807, 2.05) is 11.8 Å². The van der Waals surface area contributed by atoms with Gasteiger partial charge in [-0.05, 0) is 38.5 Å². The largest absolute Gasteiger partial charge is 0.357 e. The third-order valence-corrected chi connectivity index (χ3v) is 8.10. The minimum atomic E-state index is -3.21. The summed E-state index contributed by atoms with van der Waals surface area (Å²) in [7, 11) is -6.32. The van der Waals surface area contributed by atoms with E-state index in [-0.39, 0.29) is 10.6 Å². The van der Waals surface area contributed by atoms with Crippen molar-refractivity contribution in [2.75, 3.05) is 31.6 Å². The molecule has 0 aromatic heterocycles. The molecule has 9 heteroatoms. The smallest absolute Gasteiger partial charge is 0.194 e. The van der Waals surface area contributed by atoms with Gasteiger partial charge in [0.2, 0.25) is 0 Å². The molecule has 1 heterocycles. The van der Waals surface area contributed by atoms with Crippen LogP contribution in [0.2, 0.25) is 0 Å². The molecule has 146 valence electrons. The average Bonchev–Trinajstić information content (AvgIpc) is 2.54. The van der Waals surface area contributed by atoms with Gasteiger partial charge in [0.1, 0.15) is 0 Å². The fourth-order valence-electron chi connectivity index (χ4n) is 2.76. The van der Waals surface area contributed by atoms with Crippen LogP contribution in [-0.2, 0) is 26.2 Å². The van der Waals surface area contributed by atoms with E-state index in [1.165, 1.54) is 6.26 Å². The van der Waals surface area contributed by atoms with E-state index >= 15 is 0 Å². The summed E-state index contributed by atoms with van der Waals surface area (Å²) in [6, 6.07) is 6.63. The molecular weight excluding hydrogens is 374 g/mol. The molecule has 1 aromatic rings. The predicted molar refractivity (Wildman–Crippen MR) is 104 cm³/mol. The van der Waals surface area contributed by atoms with Crippen LogP contribution in [0.3, 0.4) is 0 Å². The van der Waals surface area contributed by atoms with Gasteiger partial charge in [-0.15, -0.1) is 0 Å². The van der Waals surface area contributed by atoms with Gasteiger partial charge in [-0.25, -0.2) is 21.8 Å². The molecule has 1 N–H and O–H groups in total. The lowest BCUT2D eigenvalue weighted by Gasteiger charge is -2.39. The van der Waals surface area contributed by atoms with Gasteiger partial charge in [0.15, 0.2) is 25.6 Å². The molecular formula is C17H27N3O4S2. The Kier molecular flexibility index (Phi) is 6.02. The van der Waals surface area contributed by atoms with Gasteiger partial charge in [0.05, 0.1) is 21.9 Å². The van der Waals surface area contributed by atoms with Crippen LogP contribution in [0.4, 0.5) is 0 Å². The zero-order chi connectivity index (χ0) is 19.6. The molecule has 0 atom stereocenters. The number of hydrogen-bond acceptors (Lipinski definition) is 5. The van der Waals surface area contributed by atoms with Gasteiger partial charge in [0, 0.05) is 25.9 Å². The Morgan fingerprint density at radius 3 is 2.38 bits per heavy atom. The quantitative estimate of drug-likeness (QED) is 0.599. The van der Waals surface area contributed by atoms with Crippen LogP contribution in [0, 0.1) is 0 Å². The second kappa shape index (κ2) is 7.56. The average molecular weight is 402 g/mol. The first kappa shape index (κ1) is 20.7. The van der Waals surface area contributed by atoms with Crippen LogP contribution in [0.1, 0.15) is 26.3 Å². The monoisotopic (exact) mass is 401 g/mol. The molecule has 1 aromatic carbocycles. The van der Waals surface area contributed by atoms with Crippen molar-refractivity contribution in [3.8, 4) is 0 Å². The van der Waals surface area contributed by atoms with E-state index in [0.29, 0.717) is 32.1 Å². The van der Waals surface area contributed by atoms with E-state index in [0.717, 1.165) is 5.56 Å². The highest BCUT2D eigenvalue weighted by atomic mass is 32.2. The number of nitrogens with one attached hydrogen (secondary N) is 1. The highest BCUT2D eigenvalue weighted by Gasteiger charge is 2.40. The van der Waals surface area contributed by atoms with E-state index in [9.17, 15) is 16.8 Å². The maximum absolute atomic E-state index is 12.2. The van der Waals surface area contributed by atoms with Crippen molar-refractivity contribution < 1.29 is 16.8 Å². The molecule has 1 aliphatic rings. The summed E-state index contributed by atoms with van der Waals surface area (Å²) in [6.45, 7) is 7.29. The van der Waals surface area contributed by atoms with Gasteiger partial charge in [-0.1, -0.05) is 12.1 Å². The molecule has 2 rings (SSSR count). The van der Waals surface area contributed by atoms with Crippen molar-refractivity contribution in [2.45, 2.75) is 37.0 Å². The topological polar surface area (TPSA) is 95.9 Å². The van der Waals surface area contributed by atoms with Crippen molar-refractivity contribution in [1.29, 1.82) is 0 Å². The Morgan fingerprint density at radius 2 is 1.88 bits per heavy atom. The Morgan fingerprint density at radius 1 is 1.27 bits per heavy atom. The standard InChI is InChI=1S/C17H27N3O4S2/c1-5-18-16(20-10-11-26(23,24)17(2,3)13-20)19-12-14-6-8-15(9-7-14)25(4,21)22/h6-9H,5,10-13H2,1-4H3,(H,18,19). The van der Waals surface area contributed by atoms with Gasteiger partial charge < -0.3 is 10.2 Å². The number of sulfone groups is 2. The van der Waals surface area contributed by atoms with E-state index in [2.05, 4.69) is 10.3 Å². The van der Waals surface area contributed by atoms with Gasteiger partial charge in [-0.3, -0.25) is 0 Å². The SMILES string of the molecule is CCNC(=NCc1ccc(S(C)(=O)=O)cc1)N1CCS(=O)(=O)C(C)(C)C1. The minimum absolute atomic E-state index is 0.105. The molecule has 26 heavy (non-hydrogen) atoms. The maximum Gasteiger partial charge on any atom is 0.194 e. The summed E-state index contributed by atoms with van der Waals surface area (Å²) in [6.07, 6.45) is 1.18.